The van der Waals surface area contributed by atoms with Crippen molar-refractivity contribution in [1.29, 1.82) is 0 Å². The van der Waals surface area contributed by atoms with Gasteiger partial charge in [0, 0.05) is 18.9 Å². The van der Waals surface area contributed by atoms with E-state index in [4.69, 9.17) is 5.73 Å². The molecule has 0 saturated carbocycles. The van der Waals surface area contributed by atoms with Crippen LogP contribution in [0.15, 0.2) is 0 Å². The first-order chi connectivity index (χ1) is 16.4. The van der Waals surface area contributed by atoms with Crippen LogP contribution in [0.2, 0.25) is 0 Å². The lowest BCUT2D eigenvalue weighted by Gasteiger charge is -2.29. The molecule has 1 aliphatic rings. The quantitative estimate of drug-likeness (QED) is 0.252. The summed E-state index contributed by atoms with van der Waals surface area (Å²) in [5.74, 6) is -0.825. The first kappa shape index (κ1) is 27.4. The molecule has 5 N–H and O–H groups in total. The van der Waals surface area contributed by atoms with Crippen molar-refractivity contribution < 1.29 is 19.2 Å². The molecule has 12 nitrogen and oxygen atoms in total. The van der Waals surface area contributed by atoms with Crippen molar-refractivity contribution in [2.45, 2.75) is 89.8 Å². The number of likely N-dealkylation sites (tertiary alicyclic amines) is 1. The number of aromatic nitrogens is 4. The number of amides is 3. The van der Waals surface area contributed by atoms with Gasteiger partial charge in [-0.2, -0.15) is 5.21 Å². The Labute approximate surface area is 200 Å². The van der Waals surface area contributed by atoms with Gasteiger partial charge in [0.05, 0.1) is 6.04 Å². The van der Waals surface area contributed by atoms with Gasteiger partial charge < -0.3 is 26.1 Å². The van der Waals surface area contributed by atoms with Gasteiger partial charge in [0.1, 0.15) is 18.4 Å². The van der Waals surface area contributed by atoms with Gasteiger partial charge in [0.25, 0.3) is 0 Å². The van der Waals surface area contributed by atoms with E-state index in [0.29, 0.717) is 50.9 Å². The van der Waals surface area contributed by atoms with Gasteiger partial charge in [0.15, 0.2) is 5.82 Å². The zero-order chi connectivity index (χ0) is 24.9. The van der Waals surface area contributed by atoms with Crippen LogP contribution in [0.5, 0.6) is 0 Å². The maximum absolute atomic E-state index is 13.5. The van der Waals surface area contributed by atoms with E-state index in [1.54, 1.807) is 0 Å². The molecule has 0 bridgehead atoms. The number of rotatable bonds is 15. The highest BCUT2D eigenvalue weighted by atomic mass is 16.2. The Bertz CT molecular complexity index is 782. The van der Waals surface area contributed by atoms with E-state index in [-0.39, 0.29) is 30.1 Å². The zero-order valence-corrected chi connectivity index (χ0v) is 20.2. The average molecular weight is 479 g/mol. The van der Waals surface area contributed by atoms with Crippen LogP contribution >= 0.6 is 0 Å². The van der Waals surface area contributed by atoms with Crippen molar-refractivity contribution in [2.24, 2.45) is 11.7 Å². The van der Waals surface area contributed by atoms with Crippen LogP contribution in [0.1, 0.15) is 71.0 Å². The van der Waals surface area contributed by atoms with E-state index in [9.17, 15) is 19.2 Å². The van der Waals surface area contributed by atoms with Crippen LogP contribution in [0.25, 0.3) is 0 Å². The molecule has 1 aromatic heterocycles. The fourth-order valence-electron chi connectivity index (χ4n) is 4.34. The van der Waals surface area contributed by atoms with Crippen molar-refractivity contribution in [1.82, 2.24) is 36.2 Å². The van der Waals surface area contributed by atoms with Gasteiger partial charge in [-0.05, 0) is 45.1 Å². The second-order valence-electron chi connectivity index (χ2n) is 8.74. The molecule has 3 amide bonds. The van der Waals surface area contributed by atoms with E-state index in [0.717, 1.165) is 25.7 Å². The van der Waals surface area contributed by atoms with Crippen LogP contribution in [-0.4, -0.2) is 80.7 Å². The van der Waals surface area contributed by atoms with Crippen molar-refractivity contribution in [3.8, 4) is 0 Å². The molecule has 3 atom stereocenters. The number of nitrogens with zero attached hydrogens (tertiary/aromatic N) is 4. The minimum absolute atomic E-state index is 0.0599. The normalized spacial score (nSPS) is 17.4. The molecule has 190 valence electrons. The molecule has 1 saturated heterocycles. The number of tetrazole rings is 1. The molecule has 1 fully saturated rings. The predicted molar refractivity (Wildman–Crippen MR) is 124 cm³/mol. The summed E-state index contributed by atoms with van der Waals surface area (Å²) in [6.45, 7) is 4.84. The van der Waals surface area contributed by atoms with Crippen molar-refractivity contribution >= 4 is 24.0 Å². The number of hydrogen-bond donors (Lipinski definition) is 4. The highest BCUT2D eigenvalue weighted by Gasteiger charge is 2.39. The molecule has 0 aromatic carbocycles. The van der Waals surface area contributed by atoms with Crippen LogP contribution in [-0.2, 0) is 25.6 Å². The highest BCUT2D eigenvalue weighted by molar-refractivity contribution is 5.93. The molecule has 1 aliphatic heterocycles. The average Bonchev–Trinajstić information content (AvgIpc) is 3.52. The lowest BCUT2D eigenvalue weighted by atomic mass is 9.96. The minimum atomic E-state index is -0.922. The van der Waals surface area contributed by atoms with Crippen LogP contribution in [0.3, 0.4) is 0 Å². The summed E-state index contributed by atoms with van der Waals surface area (Å²) in [6, 6.07) is -2.28. The van der Waals surface area contributed by atoms with Gasteiger partial charge in [-0.25, -0.2) is 0 Å². The summed E-state index contributed by atoms with van der Waals surface area (Å²) >= 11 is 0. The molecule has 1 aromatic rings. The maximum atomic E-state index is 13.5. The largest absolute Gasteiger partial charge is 0.345 e. The molecule has 0 spiro atoms. The third-order valence-corrected chi connectivity index (χ3v) is 6.09. The first-order valence-corrected chi connectivity index (χ1v) is 12.2. The van der Waals surface area contributed by atoms with E-state index < -0.39 is 18.1 Å². The summed E-state index contributed by atoms with van der Waals surface area (Å²) in [5.41, 5.74) is 5.50. The standard InChI is InChI=1S/C22H38N8O4/c1-3-7-15(8-4-2)20(32)25-17(13-19-26-28-29-27-19)22(34)30-12-6-10-18(30)21(33)24-16(14-31)9-5-11-23/h14-18H,3-13,23H2,1-2H3,(H,24,33)(H,25,32)(H,26,27,28,29). The van der Waals surface area contributed by atoms with Crippen LogP contribution in [0, 0.1) is 5.92 Å². The zero-order valence-electron chi connectivity index (χ0n) is 20.2. The summed E-state index contributed by atoms with van der Waals surface area (Å²) in [5, 5.41) is 19.4. The van der Waals surface area contributed by atoms with E-state index in [2.05, 4.69) is 31.3 Å². The molecule has 12 heteroatoms. The number of carbonyl (C=O) groups excluding carboxylic acids is 4. The number of H-pyrrole nitrogens is 1. The molecule has 2 rings (SSSR count). The lowest BCUT2D eigenvalue weighted by molar-refractivity contribution is -0.142. The molecule has 0 radical (unpaired) electrons. The second kappa shape index (κ2) is 14.4. The smallest absolute Gasteiger partial charge is 0.246 e. The Hall–Kier alpha value is -2.89. The van der Waals surface area contributed by atoms with Crippen molar-refractivity contribution in [3.05, 3.63) is 5.82 Å². The maximum Gasteiger partial charge on any atom is 0.246 e. The van der Waals surface area contributed by atoms with E-state index in [1.165, 1.54) is 4.90 Å². The SMILES string of the molecule is CCCC(CCC)C(=O)NC(Cc1nn[nH]n1)C(=O)N1CCCC1C(=O)NC(C=O)CCCN. The van der Waals surface area contributed by atoms with Crippen molar-refractivity contribution in [3.63, 3.8) is 0 Å². The van der Waals surface area contributed by atoms with Crippen LogP contribution in [0.4, 0.5) is 0 Å². The number of carbonyl (C=O) groups is 4. The molecule has 3 unspecified atom stereocenters. The predicted octanol–water partition coefficient (Wildman–Crippen LogP) is -0.143. The van der Waals surface area contributed by atoms with Gasteiger partial charge in [0.2, 0.25) is 17.7 Å². The van der Waals surface area contributed by atoms with E-state index in [1.807, 2.05) is 13.8 Å². The van der Waals surface area contributed by atoms with Gasteiger partial charge in [-0.15, -0.1) is 10.2 Å². The highest BCUT2D eigenvalue weighted by Crippen LogP contribution is 2.21. The summed E-state index contributed by atoms with van der Waals surface area (Å²) in [7, 11) is 0. The van der Waals surface area contributed by atoms with Gasteiger partial charge in [-0.1, -0.05) is 31.9 Å². The summed E-state index contributed by atoms with van der Waals surface area (Å²) in [4.78, 5) is 52.3. The minimum Gasteiger partial charge on any atom is -0.345 e. The topological polar surface area (TPSA) is 176 Å². The third kappa shape index (κ3) is 7.86. The first-order valence-electron chi connectivity index (χ1n) is 12.2. The summed E-state index contributed by atoms with van der Waals surface area (Å²) < 4.78 is 0. The Morgan fingerprint density at radius 2 is 1.94 bits per heavy atom. The fourth-order valence-corrected chi connectivity index (χ4v) is 4.34. The Morgan fingerprint density at radius 3 is 2.53 bits per heavy atom. The monoisotopic (exact) mass is 478 g/mol. The molecule has 34 heavy (non-hydrogen) atoms. The Kier molecular flexibility index (Phi) is 11.6. The third-order valence-electron chi connectivity index (χ3n) is 6.09. The number of nitrogens with two attached hydrogens (primary N) is 1. The number of aldehydes is 1. The lowest BCUT2D eigenvalue weighted by Crippen LogP contribution is -2.56. The molecule has 2 heterocycles. The van der Waals surface area contributed by atoms with E-state index >= 15 is 0 Å². The van der Waals surface area contributed by atoms with Gasteiger partial charge in [-0.3, -0.25) is 14.4 Å². The number of hydrogen-bond acceptors (Lipinski definition) is 8. The van der Waals surface area contributed by atoms with Crippen molar-refractivity contribution in [2.75, 3.05) is 13.1 Å². The van der Waals surface area contributed by atoms with Crippen LogP contribution < -0.4 is 16.4 Å². The molecular formula is C22H38N8O4. The number of nitrogens with one attached hydrogen (secondary N) is 3. The Balaban J connectivity index is 2.15. The summed E-state index contributed by atoms with van der Waals surface area (Å²) in [6.07, 6.45) is 6.11. The van der Waals surface area contributed by atoms with Gasteiger partial charge >= 0.3 is 0 Å². The molecular weight excluding hydrogens is 440 g/mol. The second-order valence-corrected chi connectivity index (χ2v) is 8.74. The molecule has 0 aliphatic carbocycles. The number of aromatic amines is 1. The Morgan fingerprint density at radius 1 is 1.21 bits per heavy atom. The fraction of sp³-hybridized carbons (Fsp3) is 0.773.